The maximum absolute atomic E-state index is 12.8. The van der Waals surface area contributed by atoms with Crippen LogP contribution in [0.3, 0.4) is 0 Å². The molecule has 1 aromatic rings. The average Bonchev–Trinajstić information content (AvgIpc) is 2.78. The van der Waals surface area contributed by atoms with Crippen molar-refractivity contribution in [1.29, 1.82) is 0 Å². The summed E-state index contributed by atoms with van der Waals surface area (Å²) in [4.78, 5) is 26.2. The Morgan fingerprint density at radius 3 is 2.84 bits per heavy atom. The fourth-order valence-corrected chi connectivity index (χ4v) is 5.87. The summed E-state index contributed by atoms with van der Waals surface area (Å²) in [7, 11) is 0. The number of benzene rings is 1. The minimum atomic E-state index is -0.816. The van der Waals surface area contributed by atoms with E-state index in [1.54, 1.807) is 0 Å². The maximum atomic E-state index is 12.8. The first kappa shape index (κ1) is 23.1. The number of carbonyl (C=O) groups is 2. The Bertz CT molecular complexity index is 845. The van der Waals surface area contributed by atoms with Gasteiger partial charge in [-0.3, -0.25) is 9.59 Å². The van der Waals surface area contributed by atoms with Crippen molar-refractivity contribution in [3.63, 3.8) is 0 Å². The zero-order chi connectivity index (χ0) is 22.8. The van der Waals surface area contributed by atoms with Crippen LogP contribution in [-0.4, -0.2) is 53.7 Å². The minimum Gasteiger partial charge on any atom is -0.487 e. The van der Waals surface area contributed by atoms with Crippen LogP contribution in [0.1, 0.15) is 70.0 Å². The molecule has 32 heavy (non-hydrogen) atoms. The molecule has 1 spiro atoms. The molecule has 3 aliphatic rings. The lowest BCUT2D eigenvalue weighted by Crippen LogP contribution is -2.57. The van der Waals surface area contributed by atoms with Crippen molar-refractivity contribution in [2.24, 2.45) is 17.1 Å². The fourth-order valence-electron chi connectivity index (χ4n) is 5.87. The van der Waals surface area contributed by atoms with Gasteiger partial charge in [-0.2, -0.15) is 0 Å². The molecule has 0 aromatic heterocycles. The molecular weight excluding hydrogens is 408 g/mol. The van der Waals surface area contributed by atoms with Gasteiger partial charge in [-0.15, -0.1) is 0 Å². The molecule has 7 nitrogen and oxygen atoms in total. The van der Waals surface area contributed by atoms with Gasteiger partial charge >= 0.3 is 5.97 Å². The van der Waals surface area contributed by atoms with Crippen LogP contribution in [0.4, 0.5) is 0 Å². The molecule has 3 N–H and O–H groups in total. The quantitative estimate of drug-likeness (QED) is 0.624. The van der Waals surface area contributed by atoms with Crippen molar-refractivity contribution in [1.82, 2.24) is 4.90 Å². The first-order valence-electron chi connectivity index (χ1n) is 11.9. The molecule has 4 atom stereocenters. The highest BCUT2D eigenvalue weighted by atomic mass is 16.5. The van der Waals surface area contributed by atoms with Gasteiger partial charge in [-0.1, -0.05) is 18.2 Å². The lowest BCUT2D eigenvalue weighted by Gasteiger charge is -2.55. The molecule has 0 radical (unpaired) electrons. The Balaban J connectivity index is 1.55. The summed E-state index contributed by atoms with van der Waals surface area (Å²) in [6.07, 6.45) is 5.47. The largest absolute Gasteiger partial charge is 0.487 e. The number of rotatable bonds is 7. The van der Waals surface area contributed by atoms with Crippen molar-refractivity contribution >= 4 is 11.9 Å². The van der Waals surface area contributed by atoms with Crippen molar-refractivity contribution in [2.75, 3.05) is 26.2 Å². The number of fused-ring (bicyclic) bond motifs is 3. The van der Waals surface area contributed by atoms with Gasteiger partial charge in [0.1, 0.15) is 11.4 Å². The predicted octanol–water partition coefficient (Wildman–Crippen LogP) is 3.52. The van der Waals surface area contributed by atoms with Gasteiger partial charge in [0.2, 0.25) is 5.91 Å². The normalized spacial score (nSPS) is 31.5. The third-order valence-corrected chi connectivity index (χ3v) is 7.63. The van der Waals surface area contributed by atoms with Gasteiger partial charge in [-0.05, 0) is 58.1 Å². The van der Waals surface area contributed by atoms with E-state index in [-0.39, 0.29) is 29.8 Å². The zero-order valence-electron chi connectivity index (χ0n) is 19.1. The Morgan fingerprint density at radius 2 is 2.06 bits per heavy atom. The number of ether oxygens (including phenoxy) is 2. The smallest absolute Gasteiger partial charge is 0.303 e. The molecule has 7 heteroatoms. The highest BCUT2D eigenvalue weighted by molar-refractivity contribution is 5.76. The van der Waals surface area contributed by atoms with Crippen molar-refractivity contribution < 1.29 is 24.2 Å². The molecule has 0 unspecified atom stereocenters. The van der Waals surface area contributed by atoms with E-state index in [1.165, 1.54) is 0 Å². The molecule has 0 aliphatic carbocycles. The van der Waals surface area contributed by atoms with Crippen molar-refractivity contribution in [3.05, 3.63) is 29.8 Å². The number of carboxylic acids is 1. The number of hydrogen-bond acceptors (Lipinski definition) is 5. The summed E-state index contributed by atoms with van der Waals surface area (Å²) in [5.41, 5.74) is 5.89. The second-order valence-corrected chi connectivity index (χ2v) is 10.1. The van der Waals surface area contributed by atoms with E-state index in [2.05, 4.69) is 6.07 Å². The third kappa shape index (κ3) is 4.64. The topological polar surface area (TPSA) is 102 Å². The minimum absolute atomic E-state index is 0.0396. The van der Waals surface area contributed by atoms with Crippen LogP contribution in [0.5, 0.6) is 5.75 Å². The monoisotopic (exact) mass is 444 g/mol. The molecule has 176 valence electrons. The first-order chi connectivity index (χ1) is 15.4. The van der Waals surface area contributed by atoms with Gasteiger partial charge in [-0.25, -0.2) is 0 Å². The van der Waals surface area contributed by atoms with E-state index in [0.29, 0.717) is 32.5 Å². The van der Waals surface area contributed by atoms with Gasteiger partial charge in [0.25, 0.3) is 0 Å². The standard InChI is InChI=1S/C25H36N2O5/c1-24(12-10-22(29)30)19-15-25(11-6-14-27(16-25)21(28)9-4-5-13-26)17-31-23(19)18-7-2-3-8-20(18)32-24/h2-3,7-8,19,23H,4-6,9-17,26H2,1H3,(H,29,30)/t19-,23+,24-,25-/m1/s1. The van der Waals surface area contributed by atoms with Crippen molar-refractivity contribution in [2.45, 2.75) is 70.0 Å². The van der Waals surface area contributed by atoms with Crippen LogP contribution in [0, 0.1) is 11.3 Å². The summed E-state index contributed by atoms with van der Waals surface area (Å²) in [5.74, 6) is 0.220. The molecule has 1 aromatic carbocycles. The number of para-hydroxylation sites is 1. The second-order valence-electron chi connectivity index (χ2n) is 10.1. The summed E-state index contributed by atoms with van der Waals surface area (Å²) in [5, 5.41) is 9.34. The van der Waals surface area contributed by atoms with E-state index >= 15 is 0 Å². The van der Waals surface area contributed by atoms with Crippen LogP contribution in [0.15, 0.2) is 24.3 Å². The van der Waals surface area contributed by atoms with Gasteiger partial charge in [0, 0.05) is 42.8 Å². The van der Waals surface area contributed by atoms with Crippen LogP contribution in [-0.2, 0) is 14.3 Å². The van der Waals surface area contributed by atoms with Crippen LogP contribution in [0.2, 0.25) is 0 Å². The molecule has 1 amide bonds. The van der Waals surface area contributed by atoms with Crippen LogP contribution < -0.4 is 10.5 Å². The number of likely N-dealkylation sites (tertiary alicyclic amines) is 1. The molecule has 3 heterocycles. The van der Waals surface area contributed by atoms with Gasteiger partial charge in [0.15, 0.2) is 0 Å². The highest BCUT2D eigenvalue weighted by Crippen LogP contribution is 2.56. The van der Waals surface area contributed by atoms with Crippen molar-refractivity contribution in [3.8, 4) is 5.75 Å². The number of nitrogens with two attached hydrogens (primary N) is 1. The van der Waals surface area contributed by atoms with E-state index in [1.807, 2.05) is 30.0 Å². The van der Waals surface area contributed by atoms with E-state index in [0.717, 1.165) is 50.0 Å². The van der Waals surface area contributed by atoms with Crippen LogP contribution >= 0.6 is 0 Å². The molecule has 2 fully saturated rings. The number of piperidine rings is 1. The fraction of sp³-hybridized carbons (Fsp3) is 0.680. The Morgan fingerprint density at radius 1 is 1.25 bits per heavy atom. The van der Waals surface area contributed by atoms with E-state index < -0.39 is 11.6 Å². The molecule has 4 rings (SSSR count). The SMILES string of the molecule is C[C@]1(CCC(=O)O)Oc2ccccc2[C@@H]2OC[C@]3(CCCN(C(=O)CCCCN)C3)C[C@H]21. The maximum Gasteiger partial charge on any atom is 0.303 e. The summed E-state index contributed by atoms with van der Waals surface area (Å²) in [6, 6.07) is 7.93. The number of amides is 1. The van der Waals surface area contributed by atoms with E-state index in [9.17, 15) is 14.7 Å². The molecule has 0 saturated carbocycles. The zero-order valence-corrected chi connectivity index (χ0v) is 19.1. The summed E-state index contributed by atoms with van der Waals surface area (Å²) < 4.78 is 13.0. The molecule has 0 bridgehead atoms. The molecule has 3 aliphatic heterocycles. The number of aliphatic carboxylic acids is 1. The summed E-state index contributed by atoms with van der Waals surface area (Å²) >= 11 is 0. The lowest BCUT2D eigenvalue weighted by atomic mass is 9.64. The Hall–Kier alpha value is -2.12. The Kier molecular flexibility index (Phi) is 6.77. The number of nitrogens with zero attached hydrogens (tertiary/aromatic N) is 1. The number of unbranched alkanes of at least 4 members (excludes halogenated alkanes) is 1. The number of hydrogen-bond donors (Lipinski definition) is 2. The second kappa shape index (κ2) is 9.40. The number of carbonyl (C=O) groups excluding carboxylic acids is 1. The molecular formula is C25H36N2O5. The summed E-state index contributed by atoms with van der Waals surface area (Å²) in [6.45, 7) is 4.76. The van der Waals surface area contributed by atoms with E-state index in [4.69, 9.17) is 15.2 Å². The molecule has 2 saturated heterocycles. The van der Waals surface area contributed by atoms with Gasteiger partial charge in [0.05, 0.1) is 12.7 Å². The Labute approximate surface area is 190 Å². The third-order valence-electron chi connectivity index (χ3n) is 7.63. The van der Waals surface area contributed by atoms with Crippen LogP contribution in [0.25, 0.3) is 0 Å². The first-order valence-corrected chi connectivity index (χ1v) is 11.9. The van der Waals surface area contributed by atoms with Gasteiger partial charge < -0.3 is 25.2 Å². The highest BCUT2D eigenvalue weighted by Gasteiger charge is 2.54. The number of carboxylic acid groups (broad SMARTS) is 1. The predicted molar refractivity (Wildman–Crippen MR) is 120 cm³/mol. The lowest BCUT2D eigenvalue weighted by molar-refractivity contribution is -0.185. The average molecular weight is 445 g/mol.